The van der Waals surface area contributed by atoms with Gasteiger partial charge in [0.1, 0.15) is 0 Å². The standard InChI is InChI=1S/C17H24N4/c1-13-12-20(2)8-9-21(13)17(11-18)15-5-6-16-14(10-15)4-3-7-19-16/h3-7,10,13,17H,8-9,11-12,18H2,1-2H3. The Labute approximate surface area is 126 Å². The van der Waals surface area contributed by atoms with Gasteiger partial charge in [0.05, 0.1) is 5.52 Å². The smallest absolute Gasteiger partial charge is 0.0702 e. The fourth-order valence-corrected chi connectivity index (χ4v) is 3.38. The molecular formula is C17H24N4. The number of fused-ring (bicyclic) bond motifs is 1. The van der Waals surface area contributed by atoms with Gasteiger partial charge in [-0.05, 0) is 37.7 Å². The first-order chi connectivity index (χ1) is 10.2. The average Bonchev–Trinajstić information content (AvgIpc) is 2.50. The molecule has 21 heavy (non-hydrogen) atoms. The van der Waals surface area contributed by atoms with Gasteiger partial charge in [0.25, 0.3) is 0 Å². The monoisotopic (exact) mass is 284 g/mol. The molecule has 2 N–H and O–H groups in total. The van der Waals surface area contributed by atoms with E-state index in [0.29, 0.717) is 18.6 Å². The van der Waals surface area contributed by atoms with E-state index in [4.69, 9.17) is 5.73 Å². The number of benzene rings is 1. The molecule has 4 nitrogen and oxygen atoms in total. The molecule has 2 atom stereocenters. The molecule has 0 radical (unpaired) electrons. The number of nitrogens with two attached hydrogens (primary N) is 1. The van der Waals surface area contributed by atoms with Crippen LogP contribution in [-0.2, 0) is 0 Å². The highest BCUT2D eigenvalue weighted by Gasteiger charge is 2.28. The summed E-state index contributed by atoms with van der Waals surface area (Å²) < 4.78 is 0. The van der Waals surface area contributed by atoms with Crippen LogP contribution in [-0.4, -0.2) is 54.1 Å². The quantitative estimate of drug-likeness (QED) is 0.934. The van der Waals surface area contributed by atoms with Crippen LogP contribution in [0, 0.1) is 0 Å². The van der Waals surface area contributed by atoms with E-state index in [1.165, 1.54) is 10.9 Å². The molecule has 1 fully saturated rings. The molecule has 0 bridgehead atoms. The Kier molecular flexibility index (Phi) is 4.19. The lowest BCUT2D eigenvalue weighted by Crippen LogP contribution is -2.52. The Balaban J connectivity index is 1.90. The van der Waals surface area contributed by atoms with Crippen molar-refractivity contribution in [3.63, 3.8) is 0 Å². The normalized spacial score (nSPS) is 22.5. The number of rotatable bonds is 3. The first-order valence-electron chi connectivity index (χ1n) is 7.68. The average molecular weight is 284 g/mol. The second kappa shape index (κ2) is 6.10. The molecular weight excluding hydrogens is 260 g/mol. The van der Waals surface area contributed by atoms with Gasteiger partial charge in [0, 0.05) is 49.8 Å². The third-order valence-corrected chi connectivity index (χ3v) is 4.52. The summed E-state index contributed by atoms with van der Waals surface area (Å²) in [5, 5.41) is 1.19. The zero-order chi connectivity index (χ0) is 14.8. The minimum absolute atomic E-state index is 0.290. The number of piperazine rings is 1. The zero-order valence-electron chi connectivity index (χ0n) is 12.9. The third-order valence-electron chi connectivity index (χ3n) is 4.52. The van der Waals surface area contributed by atoms with Gasteiger partial charge in [-0.2, -0.15) is 0 Å². The molecule has 0 aliphatic carbocycles. The summed E-state index contributed by atoms with van der Waals surface area (Å²) in [7, 11) is 2.19. The Morgan fingerprint density at radius 1 is 1.33 bits per heavy atom. The lowest BCUT2D eigenvalue weighted by molar-refractivity contribution is 0.0636. The number of hydrogen-bond donors (Lipinski definition) is 1. The molecule has 0 spiro atoms. The van der Waals surface area contributed by atoms with E-state index >= 15 is 0 Å². The Hall–Kier alpha value is -1.49. The first kappa shape index (κ1) is 14.4. The van der Waals surface area contributed by atoms with Crippen molar-refractivity contribution >= 4 is 10.9 Å². The van der Waals surface area contributed by atoms with Crippen molar-refractivity contribution in [1.29, 1.82) is 0 Å². The van der Waals surface area contributed by atoms with E-state index in [-0.39, 0.29) is 0 Å². The fraction of sp³-hybridized carbons (Fsp3) is 0.471. The molecule has 1 saturated heterocycles. The molecule has 1 aliphatic rings. The number of hydrogen-bond acceptors (Lipinski definition) is 4. The van der Waals surface area contributed by atoms with Crippen molar-refractivity contribution in [1.82, 2.24) is 14.8 Å². The summed E-state index contributed by atoms with van der Waals surface area (Å²) >= 11 is 0. The maximum atomic E-state index is 6.11. The summed E-state index contributed by atoms with van der Waals surface area (Å²) in [6, 6.07) is 11.5. The third kappa shape index (κ3) is 2.93. The maximum Gasteiger partial charge on any atom is 0.0702 e. The van der Waals surface area contributed by atoms with Crippen LogP contribution in [0.1, 0.15) is 18.5 Å². The minimum atomic E-state index is 0.290. The lowest BCUT2D eigenvalue weighted by Gasteiger charge is -2.42. The summed E-state index contributed by atoms with van der Waals surface area (Å²) in [5.41, 5.74) is 8.45. The Morgan fingerprint density at radius 3 is 2.95 bits per heavy atom. The summed E-state index contributed by atoms with van der Waals surface area (Å²) in [4.78, 5) is 9.32. The van der Waals surface area contributed by atoms with Crippen molar-refractivity contribution in [2.75, 3.05) is 33.2 Å². The molecule has 1 aromatic heterocycles. The van der Waals surface area contributed by atoms with Gasteiger partial charge in [0.2, 0.25) is 0 Å². The highest BCUT2D eigenvalue weighted by atomic mass is 15.3. The second-order valence-corrected chi connectivity index (χ2v) is 6.06. The number of nitrogens with zero attached hydrogens (tertiary/aromatic N) is 3. The van der Waals surface area contributed by atoms with Crippen LogP contribution in [0.3, 0.4) is 0 Å². The molecule has 0 amide bonds. The molecule has 2 unspecified atom stereocenters. The SMILES string of the molecule is CC1CN(C)CCN1C(CN)c1ccc2ncccc2c1. The van der Waals surface area contributed by atoms with Crippen LogP contribution >= 0.6 is 0 Å². The van der Waals surface area contributed by atoms with Gasteiger partial charge >= 0.3 is 0 Å². The molecule has 1 aliphatic heterocycles. The van der Waals surface area contributed by atoms with Crippen LogP contribution in [0.5, 0.6) is 0 Å². The summed E-state index contributed by atoms with van der Waals surface area (Å²) in [6.07, 6.45) is 1.84. The van der Waals surface area contributed by atoms with Crippen molar-refractivity contribution in [2.45, 2.75) is 19.0 Å². The summed E-state index contributed by atoms with van der Waals surface area (Å²) in [6.45, 7) is 6.23. The van der Waals surface area contributed by atoms with Crippen LogP contribution in [0.25, 0.3) is 10.9 Å². The molecule has 0 saturated carbocycles. The van der Waals surface area contributed by atoms with Crippen LogP contribution in [0.15, 0.2) is 36.5 Å². The van der Waals surface area contributed by atoms with E-state index < -0.39 is 0 Å². The largest absolute Gasteiger partial charge is 0.329 e. The number of aromatic nitrogens is 1. The van der Waals surface area contributed by atoms with Gasteiger partial charge in [0.15, 0.2) is 0 Å². The summed E-state index contributed by atoms with van der Waals surface area (Å²) in [5.74, 6) is 0. The molecule has 4 heteroatoms. The van der Waals surface area contributed by atoms with Crippen LogP contribution in [0.2, 0.25) is 0 Å². The van der Waals surface area contributed by atoms with Gasteiger partial charge in [-0.25, -0.2) is 0 Å². The predicted octanol–water partition coefficient (Wildman–Crippen LogP) is 1.87. The van der Waals surface area contributed by atoms with E-state index in [1.54, 1.807) is 0 Å². The highest BCUT2D eigenvalue weighted by Crippen LogP contribution is 2.26. The van der Waals surface area contributed by atoms with E-state index in [1.807, 2.05) is 12.3 Å². The lowest BCUT2D eigenvalue weighted by atomic mass is 10.00. The Morgan fingerprint density at radius 2 is 2.19 bits per heavy atom. The van der Waals surface area contributed by atoms with Gasteiger partial charge in [-0.1, -0.05) is 12.1 Å². The fourth-order valence-electron chi connectivity index (χ4n) is 3.38. The molecule has 3 rings (SSSR count). The van der Waals surface area contributed by atoms with Crippen molar-refractivity contribution in [2.24, 2.45) is 5.73 Å². The predicted molar refractivity (Wildman–Crippen MR) is 87.2 cm³/mol. The second-order valence-electron chi connectivity index (χ2n) is 6.06. The van der Waals surface area contributed by atoms with E-state index in [2.05, 4.69) is 53.0 Å². The highest BCUT2D eigenvalue weighted by molar-refractivity contribution is 5.79. The first-order valence-corrected chi connectivity index (χ1v) is 7.68. The molecule has 2 aromatic rings. The van der Waals surface area contributed by atoms with Gasteiger partial charge in [-0.3, -0.25) is 9.88 Å². The molecule has 1 aromatic carbocycles. The Bertz CT molecular complexity index is 613. The van der Waals surface area contributed by atoms with Crippen molar-refractivity contribution in [3.8, 4) is 0 Å². The molecule has 112 valence electrons. The molecule has 2 heterocycles. The van der Waals surface area contributed by atoms with Crippen molar-refractivity contribution < 1.29 is 0 Å². The van der Waals surface area contributed by atoms with Gasteiger partial charge in [-0.15, -0.1) is 0 Å². The number of pyridine rings is 1. The topological polar surface area (TPSA) is 45.4 Å². The van der Waals surface area contributed by atoms with Gasteiger partial charge < -0.3 is 10.6 Å². The zero-order valence-corrected chi connectivity index (χ0v) is 12.9. The maximum absolute atomic E-state index is 6.11. The van der Waals surface area contributed by atoms with Crippen LogP contribution in [0.4, 0.5) is 0 Å². The van der Waals surface area contributed by atoms with Crippen LogP contribution < -0.4 is 5.73 Å². The van der Waals surface area contributed by atoms with Crippen molar-refractivity contribution in [3.05, 3.63) is 42.1 Å². The number of likely N-dealkylation sites (N-methyl/N-ethyl adjacent to an activating group) is 1. The minimum Gasteiger partial charge on any atom is -0.329 e. The van der Waals surface area contributed by atoms with E-state index in [0.717, 1.165) is 25.2 Å². The van der Waals surface area contributed by atoms with E-state index in [9.17, 15) is 0 Å².